The molecule has 1 atom stereocenters. The molecule has 0 fully saturated rings. The van der Waals surface area contributed by atoms with E-state index in [1.807, 2.05) is 0 Å². The van der Waals surface area contributed by atoms with Gasteiger partial charge < -0.3 is 15.0 Å². The summed E-state index contributed by atoms with van der Waals surface area (Å²) in [6, 6.07) is 11.8. The molecule has 0 heterocycles. The van der Waals surface area contributed by atoms with Crippen molar-refractivity contribution >= 4 is 46.4 Å². The fourth-order valence-corrected chi connectivity index (χ4v) is 2.49. The number of nitrogens with one attached hydrogen (secondary N) is 1. The van der Waals surface area contributed by atoms with Crippen LogP contribution < -0.4 is 15.0 Å². The second kappa shape index (κ2) is 8.23. The number of anilines is 2. The monoisotopic (exact) mass is 380 g/mol. The third kappa shape index (κ3) is 5.11. The summed E-state index contributed by atoms with van der Waals surface area (Å²) in [5.74, 6) is -0.0648. The Labute approximate surface area is 156 Å². The van der Waals surface area contributed by atoms with Crippen LogP contribution in [0.25, 0.3) is 0 Å². The van der Waals surface area contributed by atoms with Crippen LogP contribution >= 0.6 is 23.2 Å². The Hall–Kier alpha value is -2.24. The standard InChI is InChI=1S/C18H18Cl2N2O3/c1-11(25-17-8-7-13(19)9-16(17)20)18(24)21-14-5-4-6-15(10-14)22(3)12(2)23/h4-11H,1-3H3,(H,21,24). The predicted octanol–water partition coefficient (Wildman–Crippen LogP) is 4.38. The van der Waals surface area contributed by atoms with E-state index in [-0.39, 0.29) is 11.8 Å². The quantitative estimate of drug-likeness (QED) is 0.836. The van der Waals surface area contributed by atoms with Crippen molar-refractivity contribution in [2.45, 2.75) is 20.0 Å². The van der Waals surface area contributed by atoms with Crippen molar-refractivity contribution in [2.24, 2.45) is 0 Å². The molecule has 2 amide bonds. The molecule has 1 N–H and O–H groups in total. The number of amides is 2. The van der Waals surface area contributed by atoms with Gasteiger partial charge in [-0.2, -0.15) is 0 Å². The molecule has 0 bridgehead atoms. The molecule has 132 valence electrons. The first kappa shape index (κ1) is 19.1. The van der Waals surface area contributed by atoms with Crippen LogP contribution in [0.1, 0.15) is 13.8 Å². The van der Waals surface area contributed by atoms with Crippen molar-refractivity contribution in [1.29, 1.82) is 0 Å². The topological polar surface area (TPSA) is 58.6 Å². The van der Waals surface area contributed by atoms with Crippen molar-refractivity contribution in [2.75, 3.05) is 17.3 Å². The van der Waals surface area contributed by atoms with E-state index in [9.17, 15) is 9.59 Å². The highest BCUT2D eigenvalue weighted by atomic mass is 35.5. The van der Waals surface area contributed by atoms with E-state index in [1.54, 1.807) is 56.4 Å². The Morgan fingerprint density at radius 2 is 1.88 bits per heavy atom. The van der Waals surface area contributed by atoms with Gasteiger partial charge in [-0.3, -0.25) is 9.59 Å². The molecule has 1 unspecified atom stereocenters. The number of hydrogen-bond acceptors (Lipinski definition) is 3. The van der Waals surface area contributed by atoms with Gasteiger partial charge in [0, 0.05) is 30.4 Å². The maximum absolute atomic E-state index is 12.3. The third-order valence-corrected chi connectivity index (χ3v) is 4.07. The van der Waals surface area contributed by atoms with E-state index in [4.69, 9.17) is 27.9 Å². The second-order valence-corrected chi connectivity index (χ2v) is 6.30. The summed E-state index contributed by atoms with van der Waals surface area (Å²) in [5.41, 5.74) is 1.24. The smallest absolute Gasteiger partial charge is 0.265 e. The zero-order valence-corrected chi connectivity index (χ0v) is 15.6. The summed E-state index contributed by atoms with van der Waals surface area (Å²) in [5, 5.41) is 3.57. The van der Waals surface area contributed by atoms with E-state index in [2.05, 4.69) is 5.32 Å². The van der Waals surface area contributed by atoms with Crippen LogP contribution in [0, 0.1) is 0 Å². The Morgan fingerprint density at radius 1 is 1.16 bits per heavy atom. The van der Waals surface area contributed by atoms with Gasteiger partial charge in [-0.15, -0.1) is 0 Å². The average Bonchev–Trinajstić information content (AvgIpc) is 2.56. The van der Waals surface area contributed by atoms with Gasteiger partial charge in [0.2, 0.25) is 5.91 Å². The maximum Gasteiger partial charge on any atom is 0.265 e. The van der Waals surface area contributed by atoms with Crippen LogP contribution in [0.3, 0.4) is 0 Å². The molecule has 2 rings (SSSR count). The summed E-state index contributed by atoms with van der Waals surface area (Å²) in [6.07, 6.45) is -0.770. The van der Waals surface area contributed by atoms with Crippen LogP contribution in [-0.2, 0) is 9.59 Å². The number of ether oxygens (including phenoxy) is 1. The predicted molar refractivity (Wildman–Crippen MR) is 101 cm³/mol. The average molecular weight is 381 g/mol. The fraction of sp³-hybridized carbons (Fsp3) is 0.222. The van der Waals surface area contributed by atoms with Crippen molar-refractivity contribution in [3.8, 4) is 5.75 Å². The largest absolute Gasteiger partial charge is 0.479 e. The normalized spacial score (nSPS) is 11.6. The summed E-state index contributed by atoms with van der Waals surface area (Å²) in [7, 11) is 1.66. The number of nitrogens with zero attached hydrogens (tertiary/aromatic N) is 1. The van der Waals surface area contributed by atoms with Crippen LogP contribution in [0.4, 0.5) is 11.4 Å². The molecule has 0 saturated heterocycles. The van der Waals surface area contributed by atoms with Crippen LogP contribution in [0.2, 0.25) is 10.0 Å². The highest BCUT2D eigenvalue weighted by molar-refractivity contribution is 6.35. The Balaban J connectivity index is 2.06. The van der Waals surface area contributed by atoms with Gasteiger partial charge in [-0.1, -0.05) is 29.3 Å². The minimum atomic E-state index is -0.770. The first-order valence-electron chi connectivity index (χ1n) is 7.55. The summed E-state index contributed by atoms with van der Waals surface area (Å²) >= 11 is 11.9. The lowest BCUT2D eigenvalue weighted by Crippen LogP contribution is -2.30. The van der Waals surface area contributed by atoms with Crippen molar-refractivity contribution < 1.29 is 14.3 Å². The van der Waals surface area contributed by atoms with Crippen molar-refractivity contribution in [3.05, 3.63) is 52.5 Å². The first-order chi connectivity index (χ1) is 11.8. The van der Waals surface area contributed by atoms with Gasteiger partial charge in [0.05, 0.1) is 5.02 Å². The molecule has 0 aliphatic rings. The van der Waals surface area contributed by atoms with Crippen LogP contribution in [-0.4, -0.2) is 25.0 Å². The molecule has 0 aliphatic carbocycles. The Bertz CT molecular complexity index is 796. The molecular weight excluding hydrogens is 363 g/mol. The second-order valence-electron chi connectivity index (χ2n) is 5.45. The minimum Gasteiger partial charge on any atom is -0.479 e. The van der Waals surface area contributed by atoms with Gasteiger partial charge in [0.15, 0.2) is 6.10 Å². The number of halogens is 2. The number of carbonyl (C=O) groups excluding carboxylic acids is 2. The molecule has 2 aromatic rings. The Morgan fingerprint density at radius 3 is 2.52 bits per heavy atom. The molecule has 25 heavy (non-hydrogen) atoms. The van der Waals surface area contributed by atoms with Gasteiger partial charge in [-0.25, -0.2) is 0 Å². The highest BCUT2D eigenvalue weighted by Gasteiger charge is 2.17. The fourth-order valence-electron chi connectivity index (χ4n) is 2.03. The van der Waals surface area contributed by atoms with Gasteiger partial charge in [0.1, 0.15) is 5.75 Å². The van der Waals surface area contributed by atoms with E-state index < -0.39 is 6.10 Å². The zero-order valence-electron chi connectivity index (χ0n) is 14.0. The molecular formula is C18H18Cl2N2O3. The number of carbonyl (C=O) groups is 2. The van der Waals surface area contributed by atoms with E-state index in [1.165, 1.54) is 11.8 Å². The van der Waals surface area contributed by atoms with Crippen molar-refractivity contribution in [3.63, 3.8) is 0 Å². The highest BCUT2D eigenvalue weighted by Crippen LogP contribution is 2.28. The summed E-state index contributed by atoms with van der Waals surface area (Å²) in [4.78, 5) is 25.3. The lowest BCUT2D eigenvalue weighted by Gasteiger charge is -2.18. The molecule has 0 radical (unpaired) electrons. The zero-order chi connectivity index (χ0) is 18.6. The number of hydrogen-bond donors (Lipinski definition) is 1. The third-order valence-electron chi connectivity index (χ3n) is 3.54. The molecule has 0 aromatic heterocycles. The van der Waals surface area contributed by atoms with Gasteiger partial charge >= 0.3 is 0 Å². The lowest BCUT2D eigenvalue weighted by atomic mass is 10.2. The Kier molecular flexibility index (Phi) is 6.28. The molecule has 0 aliphatic heterocycles. The van der Waals surface area contributed by atoms with E-state index >= 15 is 0 Å². The van der Waals surface area contributed by atoms with Gasteiger partial charge in [-0.05, 0) is 43.3 Å². The van der Waals surface area contributed by atoms with Crippen molar-refractivity contribution in [1.82, 2.24) is 0 Å². The number of rotatable bonds is 5. The molecule has 0 saturated carbocycles. The minimum absolute atomic E-state index is 0.0995. The molecule has 2 aromatic carbocycles. The lowest BCUT2D eigenvalue weighted by molar-refractivity contribution is -0.122. The summed E-state index contributed by atoms with van der Waals surface area (Å²) in [6.45, 7) is 3.09. The van der Waals surface area contributed by atoms with E-state index in [0.717, 1.165) is 0 Å². The molecule has 5 nitrogen and oxygen atoms in total. The van der Waals surface area contributed by atoms with Crippen LogP contribution in [0.5, 0.6) is 5.75 Å². The molecule has 0 spiro atoms. The summed E-state index contributed by atoms with van der Waals surface area (Å²) < 4.78 is 5.58. The molecule has 7 heteroatoms. The number of benzene rings is 2. The van der Waals surface area contributed by atoms with Gasteiger partial charge in [0.25, 0.3) is 5.91 Å². The maximum atomic E-state index is 12.3. The van der Waals surface area contributed by atoms with E-state index in [0.29, 0.717) is 27.2 Å². The van der Waals surface area contributed by atoms with Crippen LogP contribution in [0.15, 0.2) is 42.5 Å². The first-order valence-corrected chi connectivity index (χ1v) is 8.30. The SMILES string of the molecule is CC(=O)N(C)c1cccc(NC(=O)C(C)Oc2ccc(Cl)cc2Cl)c1.